The minimum Gasteiger partial charge on any atom is -0.334 e. The molecule has 0 aromatic heterocycles. The lowest BCUT2D eigenvalue weighted by atomic mass is 9.90. The van der Waals surface area contributed by atoms with Crippen LogP contribution in [0.3, 0.4) is 0 Å². The topological polar surface area (TPSA) is 76.2 Å². The Morgan fingerprint density at radius 1 is 1.09 bits per heavy atom. The molecule has 8 nitrogen and oxygen atoms in total. The number of nitrogens with zero attached hydrogens (tertiary/aromatic N) is 4. The van der Waals surface area contributed by atoms with Gasteiger partial charge in [0.25, 0.3) is 0 Å². The van der Waals surface area contributed by atoms with E-state index in [1.165, 1.54) is 6.42 Å². The Morgan fingerprint density at radius 3 is 2.45 bits per heavy atom. The predicted octanol–water partition coefficient (Wildman–Crippen LogP) is 2.80. The number of fused-ring (bicyclic) bond motifs is 1. The van der Waals surface area contributed by atoms with E-state index in [2.05, 4.69) is 19.2 Å². The van der Waals surface area contributed by atoms with Crippen molar-refractivity contribution >= 4 is 17.8 Å². The highest BCUT2D eigenvalue weighted by Gasteiger charge is 2.51. The molecule has 0 radical (unpaired) electrons. The second-order valence-electron chi connectivity index (χ2n) is 10.0. The van der Waals surface area contributed by atoms with Gasteiger partial charge >= 0.3 is 6.03 Å². The number of carbonyl (C=O) groups is 3. The smallest absolute Gasteiger partial charge is 0.334 e. The zero-order valence-corrected chi connectivity index (χ0v) is 20.1. The number of amides is 4. The molecule has 3 aliphatic rings. The molecule has 1 aromatic rings. The predicted molar refractivity (Wildman–Crippen MR) is 126 cm³/mol. The number of nitrogens with one attached hydrogen (secondary N) is 1. The largest absolute Gasteiger partial charge is 0.334 e. The van der Waals surface area contributed by atoms with Gasteiger partial charge in [-0.3, -0.25) is 9.59 Å². The third-order valence-electron chi connectivity index (χ3n) is 7.09. The van der Waals surface area contributed by atoms with Crippen LogP contribution in [-0.4, -0.2) is 76.0 Å². The van der Waals surface area contributed by atoms with Gasteiger partial charge in [-0.15, -0.1) is 0 Å². The van der Waals surface area contributed by atoms with Crippen LogP contribution in [0.2, 0.25) is 0 Å². The van der Waals surface area contributed by atoms with Crippen LogP contribution in [0.4, 0.5) is 4.79 Å². The molecule has 2 atom stereocenters. The van der Waals surface area contributed by atoms with Crippen molar-refractivity contribution in [1.29, 1.82) is 0 Å². The summed E-state index contributed by atoms with van der Waals surface area (Å²) in [5.74, 6) is 0.227. The van der Waals surface area contributed by atoms with Crippen molar-refractivity contribution in [2.75, 3.05) is 20.1 Å². The molecule has 8 heteroatoms. The van der Waals surface area contributed by atoms with Crippen molar-refractivity contribution in [2.24, 2.45) is 5.92 Å². The van der Waals surface area contributed by atoms with Gasteiger partial charge in [0.2, 0.25) is 11.8 Å². The number of urea groups is 1. The fraction of sp³-hybridized carbons (Fsp3) is 0.640. The maximum absolute atomic E-state index is 13.6. The number of rotatable bonds is 5. The van der Waals surface area contributed by atoms with Crippen LogP contribution in [0.25, 0.3) is 0 Å². The molecule has 1 aromatic carbocycles. The Morgan fingerprint density at radius 2 is 1.79 bits per heavy atom. The first-order chi connectivity index (χ1) is 15.9. The zero-order chi connectivity index (χ0) is 23.5. The van der Waals surface area contributed by atoms with E-state index in [9.17, 15) is 14.4 Å². The van der Waals surface area contributed by atoms with Crippen molar-refractivity contribution in [3.63, 3.8) is 0 Å². The summed E-state index contributed by atoms with van der Waals surface area (Å²) < 4.78 is 0. The molecule has 1 saturated carbocycles. The molecule has 0 bridgehead atoms. The van der Waals surface area contributed by atoms with Crippen LogP contribution in [0, 0.1) is 5.92 Å². The number of carbonyl (C=O) groups excluding carboxylic acids is 3. The lowest BCUT2D eigenvalue weighted by Gasteiger charge is -2.56. The van der Waals surface area contributed by atoms with Gasteiger partial charge in [-0.1, -0.05) is 63.4 Å². The lowest BCUT2D eigenvalue weighted by Crippen LogP contribution is -2.76. The van der Waals surface area contributed by atoms with Crippen molar-refractivity contribution in [3.8, 4) is 0 Å². The molecule has 2 heterocycles. The SMILES string of the molecule is CC(C)C[C@H]1C(=O)N(C2CCCCC2)C[C@H]2N1C(=O)CN(C)N2C(=O)NCc1ccccc1. The summed E-state index contributed by atoms with van der Waals surface area (Å²) in [6, 6.07) is 9.21. The summed E-state index contributed by atoms with van der Waals surface area (Å²) in [5, 5.41) is 6.36. The fourth-order valence-electron chi connectivity index (χ4n) is 5.52. The third kappa shape index (κ3) is 5.00. The number of piperazine rings is 1. The molecule has 3 fully saturated rings. The highest BCUT2D eigenvalue weighted by molar-refractivity contribution is 5.91. The fourth-order valence-corrected chi connectivity index (χ4v) is 5.52. The van der Waals surface area contributed by atoms with E-state index >= 15 is 0 Å². The van der Waals surface area contributed by atoms with E-state index in [0.29, 0.717) is 19.5 Å². The first-order valence-corrected chi connectivity index (χ1v) is 12.3. The van der Waals surface area contributed by atoms with E-state index in [-0.39, 0.29) is 36.3 Å². The monoisotopic (exact) mass is 455 g/mol. The van der Waals surface area contributed by atoms with Crippen LogP contribution in [0.1, 0.15) is 57.9 Å². The number of hydrogen-bond donors (Lipinski definition) is 1. The first-order valence-electron chi connectivity index (χ1n) is 12.3. The molecule has 0 spiro atoms. The lowest BCUT2D eigenvalue weighted by molar-refractivity contribution is -0.190. The molecule has 1 N–H and O–H groups in total. The highest BCUT2D eigenvalue weighted by atomic mass is 16.2. The summed E-state index contributed by atoms with van der Waals surface area (Å²) in [4.78, 5) is 43.8. The molecule has 2 aliphatic heterocycles. The van der Waals surface area contributed by atoms with Gasteiger partial charge in [0.05, 0.1) is 13.1 Å². The zero-order valence-electron chi connectivity index (χ0n) is 20.1. The van der Waals surface area contributed by atoms with E-state index in [0.717, 1.165) is 31.2 Å². The summed E-state index contributed by atoms with van der Waals surface area (Å²) in [6.07, 6.45) is 5.56. The number of likely N-dealkylation sites (N-methyl/N-ethyl adjacent to an activating group) is 1. The van der Waals surface area contributed by atoms with Crippen molar-refractivity contribution in [1.82, 2.24) is 25.1 Å². The molecular weight excluding hydrogens is 418 g/mol. The normalized spacial score (nSPS) is 24.9. The molecular formula is C25H37N5O3. The molecule has 1 aliphatic carbocycles. The number of hydrogen-bond acceptors (Lipinski definition) is 4. The van der Waals surface area contributed by atoms with E-state index in [1.54, 1.807) is 22.0 Å². The molecule has 4 rings (SSSR count). The standard InChI is InChI=1S/C25H37N5O3/c1-18(2)14-21-24(32)28(20-12-8-5-9-13-20)16-22-29(21)23(31)17-27(3)30(22)25(33)26-15-19-10-6-4-7-11-19/h4,6-7,10-11,18,20-22H,5,8-9,12-17H2,1-3H3,(H,26,33)/t21-,22-/m0/s1. The summed E-state index contributed by atoms with van der Waals surface area (Å²) >= 11 is 0. The van der Waals surface area contributed by atoms with Gasteiger partial charge in [-0.25, -0.2) is 14.8 Å². The first kappa shape index (κ1) is 23.5. The second-order valence-corrected chi connectivity index (χ2v) is 10.0. The van der Waals surface area contributed by atoms with Gasteiger partial charge in [0, 0.05) is 19.6 Å². The Bertz CT molecular complexity index is 855. The minimum atomic E-state index is -0.517. The highest BCUT2D eigenvalue weighted by Crippen LogP contribution is 2.33. The summed E-state index contributed by atoms with van der Waals surface area (Å²) in [7, 11) is 1.77. The van der Waals surface area contributed by atoms with Crippen LogP contribution in [-0.2, 0) is 16.1 Å². The molecule has 33 heavy (non-hydrogen) atoms. The van der Waals surface area contributed by atoms with Crippen molar-refractivity contribution in [2.45, 2.75) is 77.2 Å². The molecule has 2 saturated heterocycles. The van der Waals surface area contributed by atoms with Crippen LogP contribution >= 0.6 is 0 Å². The molecule has 0 unspecified atom stereocenters. The number of benzene rings is 1. The molecule has 180 valence electrons. The minimum absolute atomic E-state index is 0.0504. The Labute approximate surface area is 196 Å². The van der Waals surface area contributed by atoms with E-state index in [1.807, 2.05) is 35.2 Å². The Balaban J connectivity index is 1.60. The van der Waals surface area contributed by atoms with Crippen LogP contribution in [0.5, 0.6) is 0 Å². The van der Waals surface area contributed by atoms with Crippen LogP contribution in [0.15, 0.2) is 30.3 Å². The maximum atomic E-state index is 13.6. The average Bonchev–Trinajstić information content (AvgIpc) is 2.80. The Kier molecular flexibility index (Phi) is 7.22. The third-order valence-corrected chi connectivity index (χ3v) is 7.09. The van der Waals surface area contributed by atoms with Gasteiger partial charge < -0.3 is 15.1 Å². The Hall–Kier alpha value is -2.61. The van der Waals surface area contributed by atoms with Gasteiger partial charge in [-0.2, -0.15) is 0 Å². The number of hydrazine groups is 1. The second kappa shape index (κ2) is 10.1. The maximum Gasteiger partial charge on any atom is 0.334 e. The quantitative estimate of drug-likeness (QED) is 0.741. The average molecular weight is 456 g/mol. The summed E-state index contributed by atoms with van der Waals surface area (Å²) in [6.45, 7) is 5.01. The van der Waals surface area contributed by atoms with Crippen LogP contribution < -0.4 is 5.32 Å². The molecule has 4 amide bonds. The van der Waals surface area contributed by atoms with Crippen molar-refractivity contribution < 1.29 is 14.4 Å². The van der Waals surface area contributed by atoms with Gasteiger partial charge in [0.15, 0.2) is 0 Å². The summed E-state index contributed by atoms with van der Waals surface area (Å²) in [5.41, 5.74) is 1.01. The van der Waals surface area contributed by atoms with Gasteiger partial charge in [-0.05, 0) is 30.7 Å². The van der Waals surface area contributed by atoms with E-state index < -0.39 is 12.2 Å². The van der Waals surface area contributed by atoms with E-state index in [4.69, 9.17) is 0 Å². The van der Waals surface area contributed by atoms with Gasteiger partial charge in [0.1, 0.15) is 12.2 Å². The van der Waals surface area contributed by atoms with Crippen molar-refractivity contribution in [3.05, 3.63) is 35.9 Å².